The predicted octanol–water partition coefficient (Wildman–Crippen LogP) is 2.80. The molecular weight excluding hydrogens is 318 g/mol. The fraction of sp³-hybridized carbons (Fsp3) is 0.467. The summed E-state index contributed by atoms with van der Waals surface area (Å²) in [5, 5.41) is 11.8. The molecule has 1 unspecified atom stereocenters. The Hall–Kier alpha value is -2.06. The van der Waals surface area contributed by atoms with Gasteiger partial charge >= 0.3 is 5.97 Å². The fourth-order valence-electron chi connectivity index (χ4n) is 1.91. The molecule has 1 aliphatic rings. The molecule has 0 aromatic heterocycles. The first kappa shape index (κ1) is 17.3. The highest BCUT2D eigenvalue weighted by Gasteiger charge is 2.22. The van der Waals surface area contributed by atoms with Crippen LogP contribution in [0.5, 0.6) is 0 Å². The van der Waals surface area contributed by atoms with Crippen molar-refractivity contribution < 1.29 is 19.4 Å². The van der Waals surface area contributed by atoms with E-state index in [1.54, 1.807) is 18.2 Å². The molecule has 1 heterocycles. The summed E-state index contributed by atoms with van der Waals surface area (Å²) in [6.45, 7) is 5.91. The standard InChI is InChI=1S/C15H19N3O4S/c1-15(2,3)22-7-6-11(14(20)21)16-13(19)9-4-5-10-12(8-9)18-23-17-10/h4-5,8,11H,6-7H2,1-3H3,(H,16,19)(H,20,21). The maximum absolute atomic E-state index is 12.2. The number of carbonyl (C=O) groups excluding carboxylic acids is 1. The zero-order chi connectivity index (χ0) is 17.0. The number of ether oxygens (including phenoxy) is 1. The summed E-state index contributed by atoms with van der Waals surface area (Å²) >= 11 is 1.06. The molecule has 2 rings (SSSR count). The van der Waals surface area contributed by atoms with Crippen LogP contribution in [-0.2, 0) is 20.9 Å². The van der Waals surface area contributed by atoms with Gasteiger partial charge in [-0.25, -0.2) is 4.79 Å². The molecule has 2 N–H and O–H groups in total. The molecule has 1 aromatic carbocycles. The molecule has 0 aliphatic carbocycles. The molecule has 0 radical (unpaired) electrons. The van der Waals surface area contributed by atoms with Crippen molar-refractivity contribution in [3.63, 3.8) is 0 Å². The number of aliphatic carboxylic acids is 1. The second kappa shape index (κ2) is 7.01. The smallest absolute Gasteiger partial charge is 0.326 e. The van der Waals surface area contributed by atoms with E-state index >= 15 is 0 Å². The summed E-state index contributed by atoms with van der Waals surface area (Å²) < 4.78 is 13.6. The molecule has 0 spiro atoms. The summed E-state index contributed by atoms with van der Waals surface area (Å²) in [6.07, 6.45) is 0.193. The van der Waals surface area contributed by atoms with Crippen molar-refractivity contribution in [3.8, 4) is 0 Å². The number of rotatable bonds is 6. The first-order chi connectivity index (χ1) is 10.8. The van der Waals surface area contributed by atoms with Crippen LogP contribution in [0.15, 0.2) is 26.9 Å². The number of hydrogen-bond acceptors (Lipinski definition) is 5. The molecular formula is C15H19N3O4S. The Morgan fingerprint density at radius 2 is 2.00 bits per heavy atom. The van der Waals surface area contributed by atoms with Crippen LogP contribution in [0.25, 0.3) is 0 Å². The van der Waals surface area contributed by atoms with Gasteiger partial charge in [0.2, 0.25) is 0 Å². The number of amides is 1. The number of benzene rings is 1. The lowest BCUT2D eigenvalue weighted by Gasteiger charge is -2.21. The van der Waals surface area contributed by atoms with Crippen LogP contribution < -0.4 is 5.32 Å². The molecule has 0 fully saturated rings. The number of carboxylic acids is 1. The molecule has 7 nitrogen and oxygen atoms in total. The molecule has 1 atom stereocenters. The third-order valence-electron chi connectivity index (χ3n) is 3.06. The maximum atomic E-state index is 12.2. The predicted molar refractivity (Wildman–Crippen MR) is 87.2 cm³/mol. The average molecular weight is 337 g/mol. The van der Waals surface area contributed by atoms with Crippen LogP contribution >= 0.6 is 0 Å². The van der Waals surface area contributed by atoms with Crippen LogP contribution in [0.4, 0.5) is 11.4 Å². The van der Waals surface area contributed by atoms with Crippen molar-refractivity contribution in [2.75, 3.05) is 6.61 Å². The van der Waals surface area contributed by atoms with Gasteiger partial charge in [-0.3, -0.25) is 4.79 Å². The van der Waals surface area contributed by atoms with Crippen LogP contribution in [0.3, 0.4) is 0 Å². The Morgan fingerprint density at radius 1 is 1.30 bits per heavy atom. The van der Waals surface area contributed by atoms with Gasteiger partial charge in [-0.05, 0) is 39.0 Å². The van der Waals surface area contributed by atoms with Gasteiger partial charge in [0.25, 0.3) is 5.91 Å². The van der Waals surface area contributed by atoms with Gasteiger partial charge in [0, 0.05) is 18.6 Å². The molecule has 8 heteroatoms. The summed E-state index contributed by atoms with van der Waals surface area (Å²) in [7, 11) is 0. The summed E-state index contributed by atoms with van der Waals surface area (Å²) in [5.74, 6) is -1.55. The first-order valence-electron chi connectivity index (χ1n) is 7.16. The number of carbonyl (C=O) groups is 2. The minimum atomic E-state index is -1.09. The second-order valence-electron chi connectivity index (χ2n) is 6.08. The van der Waals surface area contributed by atoms with Crippen molar-refractivity contribution in [3.05, 3.63) is 23.8 Å². The lowest BCUT2D eigenvalue weighted by molar-refractivity contribution is -0.140. The first-order valence-corrected chi connectivity index (χ1v) is 7.89. The minimum Gasteiger partial charge on any atom is -0.480 e. The molecule has 1 aromatic rings. The van der Waals surface area contributed by atoms with Gasteiger partial charge in [-0.1, -0.05) is 0 Å². The molecule has 1 amide bonds. The summed E-state index contributed by atoms with van der Waals surface area (Å²) in [4.78, 5) is 23.5. The normalized spacial score (nSPS) is 14.0. The van der Waals surface area contributed by atoms with Gasteiger partial charge in [-0.2, -0.15) is 8.73 Å². The zero-order valence-corrected chi connectivity index (χ0v) is 14.0. The van der Waals surface area contributed by atoms with Gasteiger partial charge in [0.15, 0.2) is 0 Å². The summed E-state index contributed by atoms with van der Waals surface area (Å²) in [6, 6.07) is 3.88. The van der Waals surface area contributed by atoms with E-state index < -0.39 is 17.9 Å². The van der Waals surface area contributed by atoms with Crippen molar-refractivity contribution in [2.24, 2.45) is 8.73 Å². The number of nitrogens with one attached hydrogen (secondary N) is 1. The Balaban J connectivity index is 1.98. The minimum absolute atomic E-state index is 0.193. The average Bonchev–Trinajstić information content (AvgIpc) is 2.91. The van der Waals surface area contributed by atoms with E-state index in [4.69, 9.17) is 4.74 Å². The van der Waals surface area contributed by atoms with E-state index in [-0.39, 0.29) is 18.6 Å². The highest BCUT2D eigenvalue weighted by Crippen LogP contribution is 2.31. The zero-order valence-electron chi connectivity index (χ0n) is 13.2. The third-order valence-corrected chi connectivity index (χ3v) is 3.62. The monoisotopic (exact) mass is 337 g/mol. The fourth-order valence-corrected chi connectivity index (χ4v) is 2.42. The lowest BCUT2D eigenvalue weighted by atomic mass is 10.1. The highest BCUT2D eigenvalue weighted by molar-refractivity contribution is 7.58. The van der Waals surface area contributed by atoms with Gasteiger partial charge < -0.3 is 15.2 Å². The number of fused-ring (bicyclic) bond motifs is 1. The second-order valence-corrected chi connectivity index (χ2v) is 6.61. The van der Waals surface area contributed by atoms with E-state index in [1.807, 2.05) is 20.8 Å². The Kier molecular flexibility index (Phi) is 5.27. The number of nitrogens with zero attached hydrogens (tertiary/aromatic N) is 2. The molecule has 0 saturated carbocycles. The molecule has 1 aliphatic heterocycles. The SMILES string of the molecule is CC(C)(C)OCCC(NC(=O)c1ccc2c(c1)N=S=N2)C(=O)O. The van der Waals surface area contributed by atoms with Crippen LogP contribution in [0.2, 0.25) is 0 Å². The van der Waals surface area contributed by atoms with E-state index in [0.29, 0.717) is 16.9 Å². The highest BCUT2D eigenvalue weighted by atomic mass is 32.1. The Morgan fingerprint density at radius 3 is 2.65 bits per heavy atom. The van der Waals surface area contributed by atoms with Crippen LogP contribution in [-0.4, -0.2) is 35.2 Å². The quantitative estimate of drug-likeness (QED) is 0.846. The van der Waals surface area contributed by atoms with Crippen molar-refractivity contribution in [1.82, 2.24) is 5.32 Å². The third kappa shape index (κ3) is 4.97. The van der Waals surface area contributed by atoms with E-state index in [9.17, 15) is 14.7 Å². The maximum Gasteiger partial charge on any atom is 0.326 e. The van der Waals surface area contributed by atoms with Crippen molar-refractivity contribution in [1.29, 1.82) is 0 Å². The lowest BCUT2D eigenvalue weighted by Crippen LogP contribution is -2.42. The van der Waals surface area contributed by atoms with E-state index in [1.165, 1.54) is 0 Å². The largest absolute Gasteiger partial charge is 0.480 e. The van der Waals surface area contributed by atoms with Gasteiger partial charge in [-0.15, -0.1) is 0 Å². The number of carboxylic acid groups (broad SMARTS) is 1. The molecule has 124 valence electrons. The van der Waals surface area contributed by atoms with Gasteiger partial charge in [0.05, 0.1) is 17.0 Å². The Labute approximate surface area is 137 Å². The van der Waals surface area contributed by atoms with Crippen molar-refractivity contribution in [2.45, 2.75) is 38.8 Å². The van der Waals surface area contributed by atoms with Crippen LogP contribution in [0.1, 0.15) is 37.6 Å². The topological polar surface area (TPSA) is 100 Å². The molecule has 23 heavy (non-hydrogen) atoms. The van der Waals surface area contributed by atoms with E-state index in [2.05, 4.69) is 14.0 Å². The van der Waals surface area contributed by atoms with Gasteiger partial charge in [0.1, 0.15) is 17.4 Å². The van der Waals surface area contributed by atoms with E-state index in [0.717, 1.165) is 11.4 Å². The molecule has 0 bridgehead atoms. The van der Waals surface area contributed by atoms with Crippen molar-refractivity contribution >= 4 is 34.6 Å². The summed E-state index contributed by atoms with van der Waals surface area (Å²) in [5.41, 5.74) is 1.33. The number of hydrogen-bond donors (Lipinski definition) is 2. The molecule has 0 saturated heterocycles. The van der Waals surface area contributed by atoms with Crippen LogP contribution in [0, 0.1) is 0 Å². The Bertz CT molecular complexity index is 690.